The Labute approximate surface area is 179 Å². The Morgan fingerprint density at radius 3 is 2.47 bits per heavy atom. The van der Waals surface area contributed by atoms with Gasteiger partial charge in [0.2, 0.25) is 5.91 Å². The summed E-state index contributed by atoms with van der Waals surface area (Å²) < 4.78 is 1.88. The van der Waals surface area contributed by atoms with Gasteiger partial charge in [-0.1, -0.05) is 60.3 Å². The Hall–Kier alpha value is -3.45. The van der Waals surface area contributed by atoms with Gasteiger partial charge in [-0.3, -0.25) is 9.78 Å². The summed E-state index contributed by atoms with van der Waals surface area (Å²) in [7, 11) is 1.89. The van der Waals surface area contributed by atoms with Gasteiger partial charge < -0.3 is 9.88 Å². The van der Waals surface area contributed by atoms with Crippen molar-refractivity contribution in [3.05, 3.63) is 79.1 Å². The molecule has 0 aliphatic carbocycles. The lowest BCUT2D eigenvalue weighted by Crippen LogP contribution is -2.23. The molecule has 7 heteroatoms. The number of carbonyl (C=O) groups excluding carboxylic acids is 1. The molecule has 2 heterocycles. The van der Waals surface area contributed by atoms with E-state index in [2.05, 4.69) is 20.5 Å². The van der Waals surface area contributed by atoms with E-state index in [1.54, 1.807) is 12.4 Å². The van der Waals surface area contributed by atoms with Crippen LogP contribution in [-0.2, 0) is 11.8 Å². The maximum absolute atomic E-state index is 12.9. The number of hydrogen-bond donors (Lipinski definition) is 1. The first-order valence-corrected chi connectivity index (χ1v) is 10.4. The van der Waals surface area contributed by atoms with Crippen LogP contribution in [-0.4, -0.2) is 30.9 Å². The molecule has 1 atom stereocenters. The highest BCUT2D eigenvalue weighted by Crippen LogP contribution is 2.30. The molecule has 1 amide bonds. The topological polar surface area (TPSA) is 72.7 Å². The largest absolute Gasteiger partial charge is 0.325 e. The molecule has 2 aromatic carbocycles. The molecule has 30 heavy (non-hydrogen) atoms. The lowest BCUT2D eigenvalue weighted by atomic mass is 10.0. The Balaban J connectivity index is 1.49. The minimum absolute atomic E-state index is 0.0886. The summed E-state index contributed by atoms with van der Waals surface area (Å²) in [5.74, 6) is 0.627. The highest BCUT2D eigenvalue weighted by molar-refractivity contribution is 8.00. The Morgan fingerprint density at radius 1 is 0.967 bits per heavy atom. The molecule has 4 rings (SSSR count). The summed E-state index contributed by atoms with van der Waals surface area (Å²) in [5, 5.41) is 11.9. The average molecular weight is 416 g/mol. The van der Waals surface area contributed by atoms with E-state index >= 15 is 0 Å². The Kier molecular flexibility index (Phi) is 5.90. The number of rotatable bonds is 6. The number of thioether (sulfide) groups is 1. The Bertz CT molecular complexity index is 1140. The predicted octanol–water partition coefficient (Wildman–Crippen LogP) is 4.66. The molecular formula is C23H21N5OS. The fourth-order valence-electron chi connectivity index (χ4n) is 3.07. The first-order valence-electron chi connectivity index (χ1n) is 9.55. The number of amides is 1. The minimum atomic E-state index is -0.349. The van der Waals surface area contributed by atoms with Crippen molar-refractivity contribution in [3.8, 4) is 22.5 Å². The van der Waals surface area contributed by atoms with Gasteiger partial charge in [-0.05, 0) is 30.7 Å². The van der Waals surface area contributed by atoms with Crippen LogP contribution >= 0.6 is 11.8 Å². The number of nitrogens with zero attached hydrogens (tertiary/aromatic N) is 4. The standard InChI is InChI=1S/C23H21N5OS/c1-16(30-23-27-26-21(28(23)2)18-11-8-14-24-15-18)22(29)25-20-13-7-6-12-19(20)17-9-4-3-5-10-17/h3-16H,1-2H3,(H,25,29)/t16-/m1/s1. The molecule has 4 aromatic rings. The van der Waals surface area contributed by atoms with Crippen LogP contribution in [0.3, 0.4) is 0 Å². The fraction of sp³-hybridized carbons (Fsp3) is 0.130. The zero-order chi connectivity index (χ0) is 20.9. The van der Waals surface area contributed by atoms with E-state index in [0.29, 0.717) is 11.0 Å². The molecule has 0 saturated carbocycles. The number of nitrogens with one attached hydrogen (secondary N) is 1. The molecule has 2 aromatic heterocycles. The van der Waals surface area contributed by atoms with Crippen molar-refractivity contribution in [3.63, 3.8) is 0 Å². The minimum Gasteiger partial charge on any atom is -0.325 e. The molecule has 0 bridgehead atoms. The normalized spacial score (nSPS) is 11.8. The van der Waals surface area contributed by atoms with Gasteiger partial charge in [-0.25, -0.2) is 0 Å². The van der Waals surface area contributed by atoms with Gasteiger partial charge in [-0.15, -0.1) is 10.2 Å². The smallest absolute Gasteiger partial charge is 0.237 e. The molecule has 0 fully saturated rings. The third kappa shape index (κ3) is 4.26. The number of carbonyl (C=O) groups is 1. The number of hydrogen-bond acceptors (Lipinski definition) is 5. The lowest BCUT2D eigenvalue weighted by Gasteiger charge is -2.14. The van der Waals surface area contributed by atoms with E-state index < -0.39 is 0 Å². The van der Waals surface area contributed by atoms with Crippen molar-refractivity contribution in [2.24, 2.45) is 7.05 Å². The molecule has 0 aliphatic heterocycles. The van der Waals surface area contributed by atoms with Crippen LogP contribution in [0.2, 0.25) is 0 Å². The fourth-order valence-corrected chi connectivity index (χ4v) is 3.89. The van der Waals surface area contributed by atoms with Crippen molar-refractivity contribution in [1.82, 2.24) is 19.7 Å². The number of benzene rings is 2. The van der Waals surface area contributed by atoms with Crippen LogP contribution < -0.4 is 5.32 Å². The second-order valence-electron chi connectivity index (χ2n) is 6.77. The molecule has 0 saturated heterocycles. The van der Waals surface area contributed by atoms with E-state index in [1.165, 1.54) is 11.8 Å². The van der Waals surface area contributed by atoms with Crippen LogP contribution in [0, 0.1) is 0 Å². The van der Waals surface area contributed by atoms with E-state index in [9.17, 15) is 4.79 Å². The summed E-state index contributed by atoms with van der Waals surface area (Å²) in [6.45, 7) is 1.86. The van der Waals surface area contributed by atoms with Crippen molar-refractivity contribution >= 4 is 23.4 Å². The lowest BCUT2D eigenvalue weighted by molar-refractivity contribution is -0.115. The maximum atomic E-state index is 12.9. The summed E-state index contributed by atoms with van der Waals surface area (Å²) in [6.07, 6.45) is 3.46. The van der Waals surface area contributed by atoms with Crippen molar-refractivity contribution < 1.29 is 4.79 Å². The zero-order valence-electron chi connectivity index (χ0n) is 16.7. The number of pyridine rings is 1. The van der Waals surface area contributed by atoms with Gasteiger partial charge in [0.05, 0.1) is 5.25 Å². The highest BCUT2D eigenvalue weighted by Gasteiger charge is 2.20. The molecule has 0 unspecified atom stereocenters. The summed E-state index contributed by atoms with van der Waals surface area (Å²) in [5.41, 5.74) is 3.72. The molecule has 1 N–H and O–H groups in total. The SMILES string of the molecule is C[C@@H](Sc1nnc(-c2cccnc2)n1C)C(=O)Nc1ccccc1-c1ccccc1. The molecule has 150 valence electrons. The predicted molar refractivity (Wildman–Crippen MR) is 120 cm³/mol. The number of para-hydroxylation sites is 1. The van der Waals surface area contributed by atoms with Crippen molar-refractivity contribution in [1.29, 1.82) is 0 Å². The van der Waals surface area contributed by atoms with E-state index in [1.807, 2.05) is 85.3 Å². The first-order chi connectivity index (χ1) is 14.6. The quantitative estimate of drug-likeness (QED) is 0.464. The van der Waals surface area contributed by atoms with E-state index in [4.69, 9.17) is 0 Å². The van der Waals surface area contributed by atoms with Crippen molar-refractivity contribution in [2.45, 2.75) is 17.3 Å². The summed E-state index contributed by atoms with van der Waals surface area (Å²) in [4.78, 5) is 17.0. The van der Waals surface area contributed by atoms with Crippen LogP contribution in [0.4, 0.5) is 5.69 Å². The Morgan fingerprint density at radius 2 is 1.70 bits per heavy atom. The average Bonchev–Trinajstić information content (AvgIpc) is 3.15. The van der Waals surface area contributed by atoms with Gasteiger partial charge in [0.15, 0.2) is 11.0 Å². The second-order valence-corrected chi connectivity index (χ2v) is 8.08. The molecule has 0 radical (unpaired) electrons. The van der Waals surface area contributed by atoms with E-state index in [0.717, 1.165) is 22.4 Å². The maximum Gasteiger partial charge on any atom is 0.237 e. The third-order valence-electron chi connectivity index (χ3n) is 4.68. The highest BCUT2D eigenvalue weighted by atomic mass is 32.2. The number of aromatic nitrogens is 4. The van der Waals surface area contributed by atoms with Crippen LogP contribution in [0.15, 0.2) is 84.3 Å². The molecule has 0 spiro atoms. The van der Waals surface area contributed by atoms with E-state index in [-0.39, 0.29) is 11.2 Å². The zero-order valence-corrected chi connectivity index (χ0v) is 17.5. The third-order valence-corrected chi connectivity index (χ3v) is 5.81. The van der Waals surface area contributed by atoms with Gasteiger partial charge >= 0.3 is 0 Å². The van der Waals surface area contributed by atoms with Crippen LogP contribution in [0.25, 0.3) is 22.5 Å². The van der Waals surface area contributed by atoms with Gasteiger partial charge in [-0.2, -0.15) is 0 Å². The van der Waals surface area contributed by atoms with Crippen LogP contribution in [0.1, 0.15) is 6.92 Å². The first kappa shape index (κ1) is 19.8. The van der Waals surface area contributed by atoms with Crippen molar-refractivity contribution in [2.75, 3.05) is 5.32 Å². The van der Waals surface area contributed by atoms with Gasteiger partial charge in [0.1, 0.15) is 0 Å². The van der Waals surface area contributed by atoms with Crippen LogP contribution in [0.5, 0.6) is 0 Å². The monoisotopic (exact) mass is 415 g/mol. The molecular weight excluding hydrogens is 394 g/mol. The molecule has 6 nitrogen and oxygen atoms in total. The summed E-state index contributed by atoms with van der Waals surface area (Å²) in [6, 6.07) is 21.6. The molecule has 0 aliphatic rings. The van der Waals surface area contributed by atoms with Gasteiger partial charge in [0, 0.05) is 36.3 Å². The second kappa shape index (κ2) is 8.92. The van der Waals surface area contributed by atoms with Gasteiger partial charge in [0.25, 0.3) is 0 Å². The summed E-state index contributed by atoms with van der Waals surface area (Å²) >= 11 is 1.37. The number of anilines is 1.